The smallest absolute Gasteiger partial charge is 0.220 e. The van der Waals surface area contributed by atoms with Crippen molar-refractivity contribution >= 4 is 24.2 Å². The van der Waals surface area contributed by atoms with Crippen LogP contribution in [0.15, 0.2) is 0 Å². The predicted molar refractivity (Wildman–Crippen MR) is 91.3 cm³/mol. The van der Waals surface area contributed by atoms with E-state index in [1.54, 1.807) is 0 Å². The van der Waals surface area contributed by atoms with E-state index in [2.05, 4.69) is 20.9 Å². The first-order chi connectivity index (χ1) is 10.1. The Morgan fingerprint density at radius 2 is 1.73 bits per heavy atom. The highest BCUT2D eigenvalue weighted by atomic mass is 35.5. The minimum atomic E-state index is 0. The summed E-state index contributed by atoms with van der Waals surface area (Å²) in [5, 5.41) is 9.07. The van der Waals surface area contributed by atoms with Gasteiger partial charge in [0.1, 0.15) is 0 Å². The summed E-state index contributed by atoms with van der Waals surface area (Å²) in [7, 11) is 0. The van der Waals surface area contributed by atoms with Crippen LogP contribution in [0.25, 0.3) is 0 Å². The third kappa shape index (κ3) is 10.8. The molecule has 0 aromatic heterocycles. The van der Waals surface area contributed by atoms with E-state index in [1.165, 1.54) is 0 Å². The van der Waals surface area contributed by atoms with Gasteiger partial charge in [-0.3, -0.25) is 9.59 Å². The van der Waals surface area contributed by atoms with Crippen LogP contribution in [0.1, 0.15) is 39.5 Å². The number of piperazine rings is 1. The first-order valence-corrected chi connectivity index (χ1v) is 8.07. The first-order valence-electron chi connectivity index (χ1n) is 8.07. The fourth-order valence-electron chi connectivity index (χ4n) is 2.36. The Bertz CT molecular complexity index is 321. The second-order valence-corrected chi connectivity index (χ2v) is 5.87. The van der Waals surface area contributed by atoms with Gasteiger partial charge in [0.25, 0.3) is 0 Å². The van der Waals surface area contributed by atoms with E-state index >= 15 is 0 Å². The average Bonchev–Trinajstić information content (AvgIpc) is 2.44. The third-order valence-electron chi connectivity index (χ3n) is 3.44. The highest BCUT2D eigenvalue weighted by molar-refractivity contribution is 5.85. The number of halogens is 1. The van der Waals surface area contributed by atoms with Crippen molar-refractivity contribution in [3.63, 3.8) is 0 Å². The summed E-state index contributed by atoms with van der Waals surface area (Å²) in [6, 6.07) is 0.163. The quantitative estimate of drug-likeness (QED) is 0.537. The van der Waals surface area contributed by atoms with Crippen molar-refractivity contribution in [2.75, 3.05) is 39.3 Å². The SMILES string of the molecule is CC(C)NC(=O)CCCC(=O)NCCCN1CCNCC1.Cl. The van der Waals surface area contributed by atoms with Crippen molar-refractivity contribution < 1.29 is 9.59 Å². The largest absolute Gasteiger partial charge is 0.356 e. The van der Waals surface area contributed by atoms with Gasteiger partial charge in [0, 0.05) is 51.6 Å². The van der Waals surface area contributed by atoms with Crippen molar-refractivity contribution in [3.8, 4) is 0 Å². The molecule has 0 aromatic rings. The molecule has 0 aromatic carbocycles. The maximum absolute atomic E-state index is 11.6. The number of hydrogen-bond donors (Lipinski definition) is 3. The highest BCUT2D eigenvalue weighted by Gasteiger charge is 2.09. The molecule has 3 N–H and O–H groups in total. The Morgan fingerprint density at radius 1 is 1.09 bits per heavy atom. The molecule has 0 saturated carbocycles. The standard InChI is InChI=1S/C15H30N4O2.ClH/c1-13(2)18-15(21)6-3-5-14(20)17-7-4-10-19-11-8-16-9-12-19;/h13,16H,3-12H2,1-2H3,(H,17,20)(H,18,21);1H. The minimum Gasteiger partial charge on any atom is -0.356 e. The summed E-state index contributed by atoms with van der Waals surface area (Å²) in [4.78, 5) is 25.5. The lowest BCUT2D eigenvalue weighted by molar-refractivity contribution is -0.122. The fraction of sp³-hybridized carbons (Fsp3) is 0.867. The molecule has 1 aliphatic rings. The van der Waals surface area contributed by atoms with E-state index in [0.717, 1.165) is 45.7 Å². The number of nitrogens with zero attached hydrogens (tertiary/aromatic N) is 1. The summed E-state index contributed by atoms with van der Waals surface area (Å²) in [5.74, 6) is 0.0733. The molecule has 1 rings (SSSR count). The van der Waals surface area contributed by atoms with Crippen molar-refractivity contribution in [1.82, 2.24) is 20.9 Å². The van der Waals surface area contributed by atoms with Crippen LogP contribution in [0.2, 0.25) is 0 Å². The van der Waals surface area contributed by atoms with E-state index < -0.39 is 0 Å². The second kappa shape index (κ2) is 12.7. The number of hydrogen-bond acceptors (Lipinski definition) is 4. The summed E-state index contributed by atoms with van der Waals surface area (Å²) in [6.07, 6.45) is 2.45. The topological polar surface area (TPSA) is 73.5 Å². The van der Waals surface area contributed by atoms with Gasteiger partial charge in [-0.1, -0.05) is 0 Å². The number of nitrogens with one attached hydrogen (secondary N) is 3. The maximum atomic E-state index is 11.6. The number of carbonyl (C=O) groups excluding carboxylic acids is 2. The molecule has 7 heteroatoms. The highest BCUT2D eigenvalue weighted by Crippen LogP contribution is 1.97. The van der Waals surface area contributed by atoms with Crippen LogP contribution in [0.5, 0.6) is 0 Å². The Balaban J connectivity index is 0.00000441. The van der Waals surface area contributed by atoms with E-state index in [9.17, 15) is 9.59 Å². The third-order valence-corrected chi connectivity index (χ3v) is 3.44. The lowest BCUT2D eigenvalue weighted by Crippen LogP contribution is -2.44. The molecular formula is C15H31ClN4O2. The normalized spacial score (nSPS) is 15.2. The number of amides is 2. The lowest BCUT2D eigenvalue weighted by atomic mass is 10.2. The Morgan fingerprint density at radius 3 is 2.36 bits per heavy atom. The monoisotopic (exact) mass is 334 g/mol. The van der Waals surface area contributed by atoms with Crippen LogP contribution >= 0.6 is 12.4 Å². The van der Waals surface area contributed by atoms with Gasteiger partial charge in [-0.2, -0.15) is 0 Å². The molecule has 0 bridgehead atoms. The molecular weight excluding hydrogens is 304 g/mol. The van der Waals surface area contributed by atoms with Crippen LogP contribution in [-0.4, -0.2) is 62.0 Å². The van der Waals surface area contributed by atoms with Gasteiger partial charge in [-0.25, -0.2) is 0 Å². The second-order valence-electron chi connectivity index (χ2n) is 5.87. The van der Waals surface area contributed by atoms with Crippen LogP contribution in [0, 0.1) is 0 Å². The van der Waals surface area contributed by atoms with E-state index in [-0.39, 0.29) is 30.3 Å². The minimum absolute atomic E-state index is 0. The summed E-state index contributed by atoms with van der Waals surface area (Å²) < 4.78 is 0. The van der Waals surface area contributed by atoms with Gasteiger partial charge in [-0.15, -0.1) is 12.4 Å². The molecule has 1 heterocycles. The van der Waals surface area contributed by atoms with Crippen LogP contribution in [0.3, 0.4) is 0 Å². The van der Waals surface area contributed by atoms with Crippen molar-refractivity contribution in [3.05, 3.63) is 0 Å². The van der Waals surface area contributed by atoms with Gasteiger partial charge in [0.15, 0.2) is 0 Å². The molecule has 0 unspecified atom stereocenters. The molecule has 1 saturated heterocycles. The Hall–Kier alpha value is -0.850. The Kier molecular flexibility index (Phi) is 12.2. The molecule has 1 aliphatic heterocycles. The zero-order valence-electron chi connectivity index (χ0n) is 13.8. The average molecular weight is 335 g/mol. The van der Waals surface area contributed by atoms with E-state index in [0.29, 0.717) is 19.3 Å². The van der Waals surface area contributed by atoms with E-state index in [1.807, 2.05) is 13.8 Å². The zero-order valence-corrected chi connectivity index (χ0v) is 14.6. The first kappa shape index (κ1) is 21.1. The predicted octanol–water partition coefficient (Wildman–Crippen LogP) is 0.515. The maximum Gasteiger partial charge on any atom is 0.220 e. The van der Waals surface area contributed by atoms with Gasteiger partial charge in [0.2, 0.25) is 11.8 Å². The molecule has 0 atom stereocenters. The molecule has 0 spiro atoms. The zero-order chi connectivity index (χ0) is 15.5. The molecule has 0 aliphatic carbocycles. The Labute approximate surface area is 140 Å². The summed E-state index contributed by atoms with van der Waals surface area (Å²) in [5.41, 5.74) is 0. The summed E-state index contributed by atoms with van der Waals surface area (Å²) >= 11 is 0. The van der Waals surface area contributed by atoms with Gasteiger partial charge < -0.3 is 20.9 Å². The van der Waals surface area contributed by atoms with Gasteiger partial charge in [-0.05, 0) is 33.2 Å². The van der Waals surface area contributed by atoms with Crippen molar-refractivity contribution in [2.24, 2.45) is 0 Å². The lowest BCUT2D eigenvalue weighted by Gasteiger charge is -2.27. The molecule has 0 radical (unpaired) electrons. The molecule has 22 heavy (non-hydrogen) atoms. The molecule has 130 valence electrons. The van der Waals surface area contributed by atoms with Gasteiger partial charge >= 0.3 is 0 Å². The number of carbonyl (C=O) groups is 2. The summed E-state index contributed by atoms with van der Waals surface area (Å²) in [6.45, 7) is 9.94. The number of rotatable bonds is 9. The van der Waals surface area contributed by atoms with Crippen molar-refractivity contribution in [2.45, 2.75) is 45.6 Å². The van der Waals surface area contributed by atoms with Crippen LogP contribution < -0.4 is 16.0 Å². The molecule has 1 fully saturated rings. The molecule has 6 nitrogen and oxygen atoms in total. The van der Waals surface area contributed by atoms with Gasteiger partial charge in [0.05, 0.1) is 0 Å². The van der Waals surface area contributed by atoms with Crippen molar-refractivity contribution in [1.29, 1.82) is 0 Å². The molecule has 2 amide bonds. The van der Waals surface area contributed by atoms with E-state index in [4.69, 9.17) is 0 Å². The van der Waals surface area contributed by atoms with Crippen LogP contribution in [-0.2, 0) is 9.59 Å². The fourth-order valence-corrected chi connectivity index (χ4v) is 2.36. The van der Waals surface area contributed by atoms with Crippen LogP contribution in [0.4, 0.5) is 0 Å².